The van der Waals surface area contributed by atoms with E-state index >= 15 is 0 Å². The topological polar surface area (TPSA) is 30.9 Å². The van der Waals surface area contributed by atoms with Crippen molar-refractivity contribution in [2.45, 2.75) is 0 Å². The normalized spacial score (nSPS) is 26.5. The van der Waals surface area contributed by atoms with Crippen LogP contribution >= 0.6 is 0 Å². The Labute approximate surface area is 60.5 Å². The number of fused-ring (bicyclic) bond motifs is 1. The first kappa shape index (κ1) is 6.12. The fourth-order valence-corrected chi connectivity index (χ4v) is 1.32. The molecule has 0 spiro atoms. The summed E-state index contributed by atoms with van der Waals surface area (Å²) in [6.45, 7) is 3.96. The fourth-order valence-electron chi connectivity index (χ4n) is 1.32. The zero-order chi connectivity index (χ0) is 6.97. The standard InChI is InChI=1S/C6H12N4/c1-9-2-3-10-6(4-9)7-5-8-10/h8H,2-5H2,1H3. The zero-order valence-corrected chi connectivity index (χ0v) is 6.17. The first-order chi connectivity index (χ1) is 4.86. The van der Waals surface area contributed by atoms with Crippen molar-refractivity contribution in [3.05, 3.63) is 0 Å². The summed E-state index contributed by atoms with van der Waals surface area (Å²) < 4.78 is 0. The summed E-state index contributed by atoms with van der Waals surface area (Å²) in [6, 6.07) is 0. The molecule has 4 nitrogen and oxygen atoms in total. The summed E-state index contributed by atoms with van der Waals surface area (Å²) in [6.07, 6.45) is 0. The fraction of sp³-hybridized carbons (Fsp3) is 0.833. The molecule has 0 atom stereocenters. The minimum Gasteiger partial charge on any atom is -0.297 e. The van der Waals surface area contributed by atoms with Crippen LogP contribution in [-0.4, -0.2) is 49.1 Å². The van der Waals surface area contributed by atoms with E-state index in [0.29, 0.717) is 0 Å². The Morgan fingerprint density at radius 3 is 3.30 bits per heavy atom. The van der Waals surface area contributed by atoms with Gasteiger partial charge in [0.25, 0.3) is 0 Å². The van der Waals surface area contributed by atoms with Crippen molar-refractivity contribution in [1.82, 2.24) is 15.3 Å². The van der Waals surface area contributed by atoms with Crippen LogP contribution in [0.15, 0.2) is 4.99 Å². The summed E-state index contributed by atoms with van der Waals surface area (Å²) in [7, 11) is 2.12. The van der Waals surface area contributed by atoms with E-state index in [1.807, 2.05) is 0 Å². The third-order valence-electron chi connectivity index (χ3n) is 1.95. The number of hydrogen-bond donors (Lipinski definition) is 1. The van der Waals surface area contributed by atoms with Gasteiger partial charge in [-0.15, -0.1) is 0 Å². The third kappa shape index (κ3) is 0.892. The van der Waals surface area contributed by atoms with Gasteiger partial charge in [0.05, 0.1) is 6.54 Å². The first-order valence-electron chi connectivity index (χ1n) is 3.59. The Morgan fingerprint density at radius 2 is 2.40 bits per heavy atom. The van der Waals surface area contributed by atoms with Gasteiger partial charge >= 0.3 is 0 Å². The lowest BCUT2D eigenvalue weighted by atomic mass is 10.4. The molecule has 0 aliphatic carbocycles. The summed E-state index contributed by atoms with van der Waals surface area (Å²) in [5.74, 6) is 1.19. The van der Waals surface area contributed by atoms with Gasteiger partial charge in [-0.05, 0) is 7.05 Å². The second-order valence-electron chi connectivity index (χ2n) is 2.78. The number of piperazine rings is 1. The van der Waals surface area contributed by atoms with Crippen molar-refractivity contribution in [3.8, 4) is 0 Å². The number of hydrogen-bond acceptors (Lipinski definition) is 4. The molecule has 2 aliphatic rings. The van der Waals surface area contributed by atoms with Crippen molar-refractivity contribution in [2.24, 2.45) is 4.99 Å². The van der Waals surface area contributed by atoms with Crippen molar-refractivity contribution < 1.29 is 0 Å². The minimum absolute atomic E-state index is 0.767. The van der Waals surface area contributed by atoms with Crippen molar-refractivity contribution in [3.63, 3.8) is 0 Å². The van der Waals surface area contributed by atoms with Crippen LogP contribution in [0.5, 0.6) is 0 Å². The van der Waals surface area contributed by atoms with Crippen molar-refractivity contribution >= 4 is 5.84 Å². The highest BCUT2D eigenvalue weighted by Gasteiger charge is 2.22. The molecule has 0 amide bonds. The zero-order valence-electron chi connectivity index (χ0n) is 6.17. The largest absolute Gasteiger partial charge is 0.297 e. The van der Waals surface area contributed by atoms with Crippen molar-refractivity contribution in [1.29, 1.82) is 0 Å². The van der Waals surface area contributed by atoms with Crippen LogP contribution in [0.3, 0.4) is 0 Å². The van der Waals surface area contributed by atoms with E-state index in [1.165, 1.54) is 5.84 Å². The highest BCUT2D eigenvalue weighted by atomic mass is 15.6. The summed E-state index contributed by atoms with van der Waals surface area (Å²) in [4.78, 5) is 6.58. The van der Waals surface area contributed by atoms with Gasteiger partial charge in [0.15, 0.2) is 0 Å². The van der Waals surface area contributed by atoms with Gasteiger partial charge in [0.1, 0.15) is 12.5 Å². The van der Waals surface area contributed by atoms with Gasteiger partial charge in [0.2, 0.25) is 0 Å². The molecule has 10 heavy (non-hydrogen) atoms. The van der Waals surface area contributed by atoms with E-state index in [9.17, 15) is 0 Å². The molecule has 2 rings (SSSR count). The lowest BCUT2D eigenvalue weighted by molar-refractivity contribution is 0.236. The number of rotatable bonds is 0. The van der Waals surface area contributed by atoms with Crippen LogP contribution in [0.4, 0.5) is 0 Å². The molecule has 0 saturated carbocycles. The predicted octanol–water partition coefficient (Wildman–Crippen LogP) is -0.892. The van der Waals surface area contributed by atoms with Crippen LogP contribution in [0.25, 0.3) is 0 Å². The number of aliphatic imine (C=N–C) groups is 1. The lowest BCUT2D eigenvalue weighted by Crippen LogP contribution is -2.50. The second kappa shape index (κ2) is 2.21. The Morgan fingerprint density at radius 1 is 1.50 bits per heavy atom. The molecule has 4 heteroatoms. The molecule has 2 aliphatic heterocycles. The van der Waals surface area contributed by atoms with Crippen molar-refractivity contribution in [2.75, 3.05) is 33.4 Å². The minimum atomic E-state index is 0.767. The molecule has 0 aromatic rings. The van der Waals surface area contributed by atoms with Gasteiger partial charge < -0.3 is 0 Å². The maximum atomic E-state index is 4.30. The van der Waals surface area contributed by atoms with Gasteiger partial charge in [-0.25, -0.2) is 5.43 Å². The van der Waals surface area contributed by atoms with E-state index < -0.39 is 0 Å². The molecule has 1 saturated heterocycles. The Bertz CT molecular complexity index is 165. The second-order valence-corrected chi connectivity index (χ2v) is 2.78. The van der Waals surface area contributed by atoms with Gasteiger partial charge in [-0.1, -0.05) is 0 Å². The lowest BCUT2D eigenvalue weighted by Gasteiger charge is -2.30. The average Bonchev–Trinajstić information content (AvgIpc) is 2.33. The average molecular weight is 140 g/mol. The number of amidine groups is 1. The Hall–Kier alpha value is -0.610. The molecule has 0 aromatic heterocycles. The highest BCUT2D eigenvalue weighted by Crippen LogP contribution is 2.03. The van der Waals surface area contributed by atoms with Crippen LogP contribution in [0.1, 0.15) is 0 Å². The van der Waals surface area contributed by atoms with Gasteiger partial charge in [-0.3, -0.25) is 14.9 Å². The van der Waals surface area contributed by atoms with E-state index in [1.54, 1.807) is 0 Å². The summed E-state index contributed by atoms with van der Waals surface area (Å²) >= 11 is 0. The number of nitrogens with one attached hydrogen (secondary N) is 1. The number of hydrazine groups is 1. The Balaban J connectivity index is 2.07. The smallest absolute Gasteiger partial charge is 0.129 e. The molecule has 2 heterocycles. The maximum Gasteiger partial charge on any atom is 0.129 e. The van der Waals surface area contributed by atoms with Crippen LogP contribution in [0, 0.1) is 0 Å². The Kier molecular flexibility index (Phi) is 1.35. The molecule has 0 bridgehead atoms. The molecular weight excluding hydrogens is 128 g/mol. The first-order valence-corrected chi connectivity index (χ1v) is 3.59. The molecule has 0 radical (unpaired) electrons. The molecule has 1 N–H and O–H groups in total. The summed E-state index contributed by atoms with van der Waals surface area (Å²) in [5.41, 5.74) is 3.18. The molecule has 0 unspecified atom stereocenters. The SMILES string of the molecule is CN1CCN2NCN=C2C1. The number of likely N-dealkylation sites (N-methyl/N-ethyl adjacent to an activating group) is 1. The monoisotopic (exact) mass is 140 g/mol. The molecule has 1 fully saturated rings. The van der Waals surface area contributed by atoms with Crippen LogP contribution in [0.2, 0.25) is 0 Å². The summed E-state index contributed by atoms with van der Waals surface area (Å²) in [5, 5.41) is 2.14. The third-order valence-corrected chi connectivity index (χ3v) is 1.95. The van der Waals surface area contributed by atoms with E-state index in [-0.39, 0.29) is 0 Å². The number of nitrogens with zero attached hydrogens (tertiary/aromatic N) is 3. The van der Waals surface area contributed by atoms with Gasteiger partial charge in [0, 0.05) is 13.1 Å². The van der Waals surface area contributed by atoms with Crippen LogP contribution in [-0.2, 0) is 0 Å². The van der Waals surface area contributed by atoms with Crippen LogP contribution < -0.4 is 5.43 Å². The molecule has 56 valence electrons. The maximum absolute atomic E-state index is 4.30. The molecular formula is C6H12N4. The van der Waals surface area contributed by atoms with E-state index in [2.05, 4.69) is 27.4 Å². The van der Waals surface area contributed by atoms with Gasteiger partial charge in [-0.2, -0.15) is 0 Å². The molecule has 0 aromatic carbocycles. The predicted molar refractivity (Wildman–Crippen MR) is 39.6 cm³/mol. The van der Waals surface area contributed by atoms with E-state index in [4.69, 9.17) is 0 Å². The van der Waals surface area contributed by atoms with E-state index in [0.717, 1.165) is 26.3 Å². The highest BCUT2D eigenvalue weighted by molar-refractivity contribution is 5.85. The quantitative estimate of drug-likeness (QED) is 0.473.